The summed E-state index contributed by atoms with van der Waals surface area (Å²) in [6.45, 7) is 2.52. The predicted octanol–water partition coefficient (Wildman–Crippen LogP) is 2.80. The molecule has 0 aliphatic carbocycles. The largest absolute Gasteiger partial charge is 0.469 e. The lowest BCUT2D eigenvalue weighted by atomic mass is 10.0. The SMILES string of the molecule is COC(=O)C(C)c1ccc(-c2nn(C(C)C(F)(F)F)c(N)c2C#N)nc1. The van der Waals surface area contributed by atoms with E-state index < -0.39 is 24.1 Å². The van der Waals surface area contributed by atoms with E-state index in [4.69, 9.17) is 5.73 Å². The molecule has 2 aromatic heterocycles. The third-order valence-electron chi connectivity index (χ3n) is 3.98. The number of alkyl halides is 3. The number of carbonyl (C=O) groups is 1. The predicted molar refractivity (Wildman–Crippen MR) is 85.8 cm³/mol. The van der Waals surface area contributed by atoms with Crippen molar-refractivity contribution in [2.75, 3.05) is 12.8 Å². The summed E-state index contributed by atoms with van der Waals surface area (Å²) in [6.07, 6.45) is -3.20. The van der Waals surface area contributed by atoms with Crippen molar-refractivity contribution in [2.45, 2.75) is 32.0 Å². The number of nitriles is 1. The van der Waals surface area contributed by atoms with Gasteiger partial charge in [0, 0.05) is 6.20 Å². The number of ether oxygens (including phenoxy) is 1. The van der Waals surface area contributed by atoms with Gasteiger partial charge in [-0.15, -0.1) is 0 Å². The molecule has 0 aromatic carbocycles. The smallest absolute Gasteiger partial charge is 0.410 e. The lowest BCUT2D eigenvalue weighted by Gasteiger charge is -2.16. The van der Waals surface area contributed by atoms with Crippen molar-refractivity contribution in [1.82, 2.24) is 14.8 Å². The summed E-state index contributed by atoms with van der Waals surface area (Å²) in [4.78, 5) is 15.7. The number of methoxy groups -OCH3 is 1. The Morgan fingerprint density at radius 1 is 1.38 bits per heavy atom. The van der Waals surface area contributed by atoms with Crippen LogP contribution in [-0.2, 0) is 9.53 Å². The van der Waals surface area contributed by atoms with E-state index in [9.17, 15) is 23.2 Å². The molecular weight excluding hydrogens is 351 g/mol. The molecule has 2 rings (SSSR count). The molecule has 138 valence electrons. The van der Waals surface area contributed by atoms with Gasteiger partial charge in [-0.05, 0) is 25.5 Å². The van der Waals surface area contributed by atoms with Gasteiger partial charge in [0.05, 0.1) is 18.7 Å². The molecule has 0 aliphatic rings. The van der Waals surface area contributed by atoms with E-state index in [0.29, 0.717) is 10.2 Å². The van der Waals surface area contributed by atoms with E-state index in [1.54, 1.807) is 19.1 Å². The van der Waals surface area contributed by atoms with Crippen LogP contribution in [0.1, 0.15) is 36.9 Å². The average Bonchev–Trinajstić information content (AvgIpc) is 2.95. The molecule has 2 atom stereocenters. The molecule has 0 fully saturated rings. The molecule has 7 nitrogen and oxygen atoms in total. The van der Waals surface area contributed by atoms with Crippen LogP contribution in [0, 0.1) is 11.3 Å². The minimum atomic E-state index is -4.57. The number of esters is 1. The lowest BCUT2D eigenvalue weighted by molar-refractivity contribution is -0.164. The molecule has 0 radical (unpaired) electrons. The standard InChI is InChI=1S/C16H16F3N5O2/c1-8(15(25)26-3)10-4-5-12(22-7-10)13-11(6-20)14(21)24(23-13)9(2)16(17,18)19/h4-5,7-9H,21H2,1-3H3. The summed E-state index contributed by atoms with van der Waals surface area (Å²) in [6, 6.07) is 2.79. The van der Waals surface area contributed by atoms with Crippen molar-refractivity contribution >= 4 is 11.8 Å². The maximum absolute atomic E-state index is 13.0. The molecule has 2 aromatic rings. The zero-order valence-electron chi connectivity index (χ0n) is 14.2. The van der Waals surface area contributed by atoms with Crippen LogP contribution in [0.3, 0.4) is 0 Å². The fourth-order valence-electron chi connectivity index (χ4n) is 2.29. The van der Waals surface area contributed by atoms with Crippen LogP contribution >= 0.6 is 0 Å². The molecule has 0 spiro atoms. The lowest BCUT2D eigenvalue weighted by Crippen LogP contribution is -2.25. The second-order valence-electron chi connectivity index (χ2n) is 5.60. The molecule has 0 amide bonds. The first-order valence-electron chi connectivity index (χ1n) is 7.50. The number of carbonyl (C=O) groups excluding carboxylic acids is 1. The van der Waals surface area contributed by atoms with Crippen molar-refractivity contribution in [3.8, 4) is 17.5 Å². The number of nitrogens with two attached hydrogens (primary N) is 1. The van der Waals surface area contributed by atoms with Crippen LogP contribution in [0.5, 0.6) is 0 Å². The molecule has 2 unspecified atom stereocenters. The number of aromatic nitrogens is 3. The van der Waals surface area contributed by atoms with Crippen LogP contribution in [-0.4, -0.2) is 34.0 Å². The van der Waals surface area contributed by atoms with Crippen LogP contribution in [0.4, 0.5) is 19.0 Å². The summed E-state index contributed by atoms with van der Waals surface area (Å²) < 4.78 is 44.1. The highest BCUT2D eigenvalue weighted by Crippen LogP contribution is 2.35. The minimum absolute atomic E-state index is 0.0571. The van der Waals surface area contributed by atoms with Crippen LogP contribution in [0.15, 0.2) is 18.3 Å². The van der Waals surface area contributed by atoms with Gasteiger partial charge in [-0.3, -0.25) is 9.78 Å². The summed E-state index contributed by atoms with van der Waals surface area (Å²) in [5.41, 5.74) is 6.14. The molecule has 2 N–H and O–H groups in total. The van der Waals surface area contributed by atoms with Gasteiger partial charge in [-0.25, -0.2) is 4.68 Å². The van der Waals surface area contributed by atoms with Crippen molar-refractivity contribution < 1.29 is 22.7 Å². The number of rotatable bonds is 4. The third kappa shape index (κ3) is 3.46. The Balaban J connectivity index is 2.46. The normalized spacial score (nSPS) is 13.7. The van der Waals surface area contributed by atoms with Crippen LogP contribution < -0.4 is 5.73 Å². The Morgan fingerprint density at radius 3 is 2.50 bits per heavy atom. The Kier molecular flexibility index (Phi) is 5.20. The number of hydrogen-bond acceptors (Lipinski definition) is 6. The van der Waals surface area contributed by atoms with Gasteiger partial charge < -0.3 is 10.5 Å². The fourth-order valence-corrected chi connectivity index (χ4v) is 2.29. The Bertz CT molecular complexity index is 852. The summed E-state index contributed by atoms with van der Waals surface area (Å²) in [5.74, 6) is -1.41. The van der Waals surface area contributed by atoms with Crippen molar-refractivity contribution in [3.63, 3.8) is 0 Å². The van der Waals surface area contributed by atoms with Gasteiger partial charge in [-0.1, -0.05) is 6.07 Å². The van der Waals surface area contributed by atoms with E-state index in [-0.39, 0.29) is 22.8 Å². The molecule has 0 saturated carbocycles. The number of halogens is 3. The second-order valence-corrected chi connectivity index (χ2v) is 5.60. The van der Waals surface area contributed by atoms with Crippen LogP contribution in [0.2, 0.25) is 0 Å². The van der Waals surface area contributed by atoms with Gasteiger partial charge in [-0.2, -0.15) is 23.5 Å². The Hall–Kier alpha value is -3.09. The Morgan fingerprint density at radius 2 is 2.04 bits per heavy atom. The van der Waals surface area contributed by atoms with E-state index in [0.717, 1.165) is 6.92 Å². The van der Waals surface area contributed by atoms with Gasteiger partial charge in [0.15, 0.2) is 0 Å². The van der Waals surface area contributed by atoms with E-state index >= 15 is 0 Å². The number of pyridine rings is 1. The molecular formula is C16H16F3N5O2. The topological polar surface area (TPSA) is 107 Å². The van der Waals surface area contributed by atoms with Crippen molar-refractivity contribution in [1.29, 1.82) is 5.26 Å². The molecule has 0 aliphatic heterocycles. The number of nitrogen functional groups attached to an aromatic ring is 1. The monoisotopic (exact) mass is 367 g/mol. The van der Waals surface area contributed by atoms with Gasteiger partial charge in [0.2, 0.25) is 0 Å². The fraction of sp³-hybridized carbons (Fsp3) is 0.375. The van der Waals surface area contributed by atoms with E-state index in [1.807, 2.05) is 0 Å². The molecule has 10 heteroatoms. The maximum atomic E-state index is 13.0. The molecule has 26 heavy (non-hydrogen) atoms. The Labute approximate surface area is 147 Å². The first-order valence-corrected chi connectivity index (χ1v) is 7.50. The zero-order chi connectivity index (χ0) is 19.6. The summed E-state index contributed by atoms with van der Waals surface area (Å²) >= 11 is 0. The van der Waals surface area contributed by atoms with Gasteiger partial charge >= 0.3 is 12.1 Å². The average molecular weight is 367 g/mol. The summed E-state index contributed by atoms with van der Waals surface area (Å²) in [5, 5.41) is 13.1. The highest BCUT2D eigenvalue weighted by molar-refractivity contribution is 5.77. The first kappa shape index (κ1) is 19.2. The molecule has 0 saturated heterocycles. The zero-order valence-corrected chi connectivity index (χ0v) is 14.2. The van der Waals surface area contributed by atoms with E-state index in [1.165, 1.54) is 19.4 Å². The highest BCUT2D eigenvalue weighted by Gasteiger charge is 2.40. The van der Waals surface area contributed by atoms with Crippen LogP contribution in [0.25, 0.3) is 11.4 Å². The van der Waals surface area contributed by atoms with Gasteiger partial charge in [0.1, 0.15) is 29.2 Å². The summed E-state index contributed by atoms with van der Waals surface area (Å²) in [7, 11) is 1.26. The number of nitrogens with zero attached hydrogens (tertiary/aromatic N) is 4. The van der Waals surface area contributed by atoms with Gasteiger partial charge in [0.25, 0.3) is 0 Å². The quantitative estimate of drug-likeness (QED) is 0.833. The second kappa shape index (κ2) is 7.03. The molecule has 0 bridgehead atoms. The molecule has 2 heterocycles. The van der Waals surface area contributed by atoms with E-state index in [2.05, 4.69) is 14.8 Å². The third-order valence-corrected chi connectivity index (χ3v) is 3.98. The highest BCUT2D eigenvalue weighted by atomic mass is 19.4. The minimum Gasteiger partial charge on any atom is -0.469 e. The van der Waals surface area contributed by atoms with Crippen molar-refractivity contribution in [2.24, 2.45) is 0 Å². The van der Waals surface area contributed by atoms with Crippen molar-refractivity contribution in [3.05, 3.63) is 29.5 Å². The number of anilines is 1. The number of hydrogen-bond donors (Lipinski definition) is 1. The first-order chi connectivity index (χ1) is 12.1. The maximum Gasteiger partial charge on any atom is 0.410 e.